The van der Waals surface area contributed by atoms with Crippen LogP contribution in [0.15, 0.2) is 66.7 Å². The molecule has 0 heterocycles. The lowest BCUT2D eigenvalue weighted by molar-refractivity contribution is 0.0984. The third-order valence-electron chi connectivity index (χ3n) is 4.21. The summed E-state index contributed by atoms with van der Waals surface area (Å²) < 4.78 is 27.7. The first kappa shape index (κ1) is 17.8. The van der Waals surface area contributed by atoms with E-state index in [4.69, 9.17) is 0 Å². The van der Waals surface area contributed by atoms with Crippen LogP contribution in [0.3, 0.4) is 0 Å². The lowest BCUT2D eigenvalue weighted by atomic mass is 10.1. The fraction of sp³-hybridized carbons (Fsp3) is 0.136. The monoisotopic (exact) mass is 351 g/mol. The number of carbonyl (C=O) groups excluding carboxylic acids is 1. The van der Waals surface area contributed by atoms with E-state index in [1.165, 1.54) is 11.0 Å². The number of anilines is 1. The first-order valence-corrected chi connectivity index (χ1v) is 8.33. The molecule has 0 unspecified atom stereocenters. The van der Waals surface area contributed by atoms with Gasteiger partial charge in [0.2, 0.25) is 0 Å². The van der Waals surface area contributed by atoms with E-state index in [9.17, 15) is 13.6 Å². The van der Waals surface area contributed by atoms with Crippen molar-refractivity contribution < 1.29 is 13.6 Å². The Hall–Kier alpha value is -3.01. The summed E-state index contributed by atoms with van der Waals surface area (Å²) in [5, 5.41) is 0. The van der Waals surface area contributed by atoms with Gasteiger partial charge in [0.15, 0.2) is 0 Å². The number of carbonyl (C=O) groups is 1. The van der Waals surface area contributed by atoms with Crippen molar-refractivity contribution in [3.63, 3.8) is 0 Å². The molecule has 132 valence electrons. The summed E-state index contributed by atoms with van der Waals surface area (Å²) in [5.41, 5.74) is 3.49. The van der Waals surface area contributed by atoms with Crippen LogP contribution in [0.25, 0.3) is 0 Å². The second kappa shape index (κ2) is 7.48. The third-order valence-corrected chi connectivity index (χ3v) is 4.21. The van der Waals surface area contributed by atoms with Crippen molar-refractivity contribution in [1.82, 2.24) is 0 Å². The number of benzene rings is 3. The molecule has 0 atom stereocenters. The molecule has 0 aliphatic heterocycles. The van der Waals surface area contributed by atoms with Crippen LogP contribution in [0.1, 0.15) is 27.0 Å². The van der Waals surface area contributed by atoms with Crippen LogP contribution in [0.4, 0.5) is 14.5 Å². The van der Waals surface area contributed by atoms with Gasteiger partial charge in [-0.15, -0.1) is 0 Å². The molecule has 0 bridgehead atoms. The van der Waals surface area contributed by atoms with Crippen molar-refractivity contribution in [3.05, 3.63) is 101 Å². The minimum atomic E-state index is -0.766. The first-order valence-electron chi connectivity index (χ1n) is 8.33. The average molecular weight is 351 g/mol. The molecule has 0 aliphatic carbocycles. The fourth-order valence-corrected chi connectivity index (χ4v) is 2.69. The van der Waals surface area contributed by atoms with Gasteiger partial charge in [-0.05, 0) is 43.7 Å². The Morgan fingerprint density at radius 2 is 1.42 bits per heavy atom. The number of hydrogen-bond acceptors (Lipinski definition) is 1. The standard InChI is InChI=1S/C22H19F2NO/c1-15-3-7-17(8-4-15)14-25(21-12-11-19(23)13-20(21)24)22(26)18-9-5-16(2)6-10-18/h3-13H,14H2,1-2H3. The maximum absolute atomic E-state index is 14.4. The normalized spacial score (nSPS) is 10.6. The zero-order valence-electron chi connectivity index (χ0n) is 14.7. The van der Waals surface area contributed by atoms with Crippen LogP contribution in [-0.2, 0) is 6.54 Å². The molecule has 3 rings (SSSR count). The number of aryl methyl sites for hydroxylation is 2. The lowest BCUT2D eigenvalue weighted by Crippen LogP contribution is -2.31. The molecule has 0 aliphatic rings. The minimum absolute atomic E-state index is 0.0533. The highest BCUT2D eigenvalue weighted by Gasteiger charge is 2.21. The highest BCUT2D eigenvalue weighted by molar-refractivity contribution is 6.06. The quantitative estimate of drug-likeness (QED) is 0.614. The maximum Gasteiger partial charge on any atom is 0.258 e. The first-order chi connectivity index (χ1) is 12.4. The van der Waals surface area contributed by atoms with Crippen molar-refractivity contribution in [1.29, 1.82) is 0 Å². The zero-order valence-corrected chi connectivity index (χ0v) is 14.7. The van der Waals surface area contributed by atoms with Gasteiger partial charge in [-0.3, -0.25) is 4.79 Å². The molecule has 4 heteroatoms. The molecule has 3 aromatic rings. The Balaban J connectivity index is 2.01. The van der Waals surface area contributed by atoms with E-state index in [1.54, 1.807) is 12.1 Å². The summed E-state index contributed by atoms with van der Waals surface area (Å²) in [6.07, 6.45) is 0. The number of halogens is 2. The molecule has 0 spiro atoms. The van der Waals surface area contributed by atoms with E-state index >= 15 is 0 Å². The van der Waals surface area contributed by atoms with Crippen LogP contribution in [-0.4, -0.2) is 5.91 Å². The number of nitrogens with zero attached hydrogens (tertiary/aromatic N) is 1. The fourth-order valence-electron chi connectivity index (χ4n) is 2.69. The molecule has 0 saturated heterocycles. The zero-order chi connectivity index (χ0) is 18.7. The topological polar surface area (TPSA) is 20.3 Å². The van der Waals surface area contributed by atoms with Gasteiger partial charge >= 0.3 is 0 Å². The van der Waals surface area contributed by atoms with Crippen LogP contribution >= 0.6 is 0 Å². The van der Waals surface area contributed by atoms with Crippen molar-refractivity contribution in [2.45, 2.75) is 20.4 Å². The predicted octanol–water partition coefficient (Wildman–Crippen LogP) is 5.43. The van der Waals surface area contributed by atoms with Crippen molar-refractivity contribution in [2.24, 2.45) is 0 Å². The minimum Gasteiger partial charge on any atom is -0.301 e. The molecular formula is C22H19F2NO. The van der Waals surface area contributed by atoms with Gasteiger partial charge in [0, 0.05) is 11.6 Å². The third kappa shape index (κ3) is 3.97. The van der Waals surface area contributed by atoms with Crippen LogP contribution in [0.5, 0.6) is 0 Å². The summed E-state index contributed by atoms with van der Waals surface area (Å²) in [4.78, 5) is 14.4. The molecule has 0 fully saturated rings. The van der Waals surface area contributed by atoms with Gasteiger partial charge in [-0.1, -0.05) is 47.5 Å². The van der Waals surface area contributed by atoms with Gasteiger partial charge in [-0.2, -0.15) is 0 Å². The van der Waals surface area contributed by atoms with Gasteiger partial charge < -0.3 is 4.90 Å². The SMILES string of the molecule is Cc1ccc(CN(C(=O)c2ccc(C)cc2)c2ccc(F)cc2F)cc1. The summed E-state index contributed by atoms with van der Waals surface area (Å²) in [6, 6.07) is 18.0. The van der Waals surface area contributed by atoms with Gasteiger partial charge in [-0.25, -0.2) is 8.78 Å². The van der Waals surface area contributed by atoms with Gasteiger partial charge in [0.25, 0.3) is 5.91 Å². The van der Waals surface area contributed by atoms with E-state index < -0.39 is 11.6 Å². The molecule has 3 aromatic carbocycles. The number of hydrogen-bond donors (Lipinski definition) is 0. The number of amides is 1. The molecule has 0 aromatic heterocycles. The molecule has 1 amide bonds. The van der Waals surface area contributed by atoms with Crippen molar-refractivity contribution in [2.75, 3.05) is 4.90 Å². The summed E-state index contributed by atoms with van der Waals surface area (Å²) in [7, 11) is 0. The van der Waals surface area contributed by atoms with E-state index in [0.717, 1.165) is 28.8 Å². The smallest absolute Gasteiger partial charge is 0.258 e. The molecule has 0 radical (unpaired) electrons. The number of rotatable bonds is 4. The molecular weight excluding hydrogens is 332 g/mol. The van der Waals surface area contributed by atoms with E-state index in [1.807, 2.05) is 50.2 Å². The Kier molecular flexibility index (Phi) is 5.12. The van der Waals surface area contributed by atoms with Crippen molar-refractivity contribution >= 4 is 11.6 Å². The predicted molar refractivity (Wildman–Crippen MR) is 99.2 cm³/mol. The highest BCUT2D eigenvalue weighted by atomic mass is 19.1. The average Bonchev–Trinajstić information content (AvgIpc) is 2.62. The lowest BCUT2D eigenvalue weighted by Gasteiger charge is -2.24. The Bertz CT molecular complexity index is 918. The van der Waals surface area contributed by atoms with Crippen LogP contribution in [0.2, 0.25) is 0 Å². The molecule has 26 heavy (non-hydrogen) atoms. The summed E-state index contributed by atoms with van der Waals surface area (Å²) >= 11 is 0. The maximum atomic E-state index is 14.4. The molecule has 2 nitrogen and oxygen atoms in total. The largest absolute Gasteiger partial charge is 0.301 e. The second-order valence-corrected chi connectivity index (χ2v) is 6.34. The van der Waals surface area contributed by atoms with E-state index in [0.29, 0.717) is 5.56 Å². The Morgan fingerprint density at radius 3 is 2.00 bits per heavy atom. The van der Waals surface area contributed by atoms with Gasteiger partial charge in [0.05, 0.1) is 12.2 Å². The second-order valence-electron chi connectivity index (χ2n) is 6.34. The highest BCUT2D eigenvalue weighted by Crippen LogP contribution is 2.24. The van der Waals surface area contributed by atoms with Gasteiger partial charge in [0.1, 0.15) is 11.6 Å². The van der Waals surface area contributed by atoms with E-state index in [2.05, 4.69) is 0 Å². The van der Waals surface area contributed by atoms with E-state index in [-0.39, 0.29) is 18.1 Å². The summed E-state index contributed by atoms with van der Waals surface area (Å²) in [5.74, 6) is -1.78. The van der Waals surface area contributed by atoms with Crippen LogP contribution in [0, 0.1) is 25.5 Å². The molecule has 0 saturated carbocycles. The molecule has 0 N–H and O–H groups in total. The summed E-state index contributed by atoms with van der Waals surface area (Å²) in [6.45, 7) is 4.09. The Labute approximate surface area is 151 Å². The van der Waals surface area contributed by atoms with Crippen LogP contribution < -0.4 is 4.90 Å². The van der Waals surface area contributed by atoms with Crippen molar-refractivity contribution in [3.8, 4) is 0 Å². The Morgan fingerprint density at radius 1 is 0.846 bits per heavy atom.